The summed E-state index contributed by atoms with van der Waals surface area (Å²) in [5.41, 5.74) is 0.480. The first-order valence-electron chi connectivity index (χ1n) is 7.07. The van der Waals surface area contributed by atoms with Crippen LogP contribution in [0.2, 0.25) is 5.02 Å². The van der Waals surface area contributed by atoms with Gasteiger partial charge in [-0.15, -0.1) is 0 Å². The minimum atomic E-state index is -1.46. The van der Waals surface area contributed by atoms with Crippen LogP contribution < -0.4 is 15.3 Å². The molecule has 3 rings (SSSR count). The van der Waals surface area contributed by atoms with Gasteiger partial charge >= 0.3 is 0 Å². The summed E-state index contributed by atoms with van der Waals surface area (Å²) < 4.78 is 16.3. The molecule has 0 spiro atoms. The number of furan rings is 1. The van der Waals surface area contributed by atoms with Crippen LogP contribution in [0.3, 0.4) is 0 Å². The fourth-order valence-corrected chi connectivity index (χ4v) is 2.36. The number of ether oxygens (including phenoxy) is 1. The molecule has 0 saturated heterocycles. The van der Waals surface area contributed by atoms with Gasteiger partial charge in [0.2, 0.25) is 16.9 Å². The molecule has 0 fully saturated rings. The van der Waals surface area contributed by atoms with Crippen molar-refractivity contribution in [2.45, 2.75) is 20.0 Å². The van der Waals surface area contributed by atoms with Gasteiger partial charge in [-0.1, -0.05) is 11.6 Å². The zero-order valence-corrected chi connectivity index (χ0v) is 13.5. The normalized spacial score (nSPS) is 12.3. The van der Waals surface area contributed by atoms with Gasteiger partial charge in [-0.25, -0.2) is 0 Å². The second-order valence-electron chi connectivity index (χ2n) is 5.24. The molecule has 0 aliphatic carbocycles. The lowest BCUT2D eigenvalue weighted by molar-refractivity contribution is -0.312. The third-order valence-corrected chi connectivity index (χ3v) is 3.91. The molecular weight excluding hydrogens is 336 g/mol. The molecule has 1 aromatic carbocycles. The number of carbonyl (C=O) groups is 1. The molecule has 0 bridgehead atoms. The molecule has 6 nitrogen and oxygen atoms in total. The number of aliphatic carboxylic acids is 1. The molecular formula is C17H12ClO6-. The Balaban J connectivity index is 2.31. The molecule has 0 N–H and O–H groups in total. The van der Waals surface area contributed by atoms with E-state index in [0.29, 0.717) is 10.6 Å². The molecule has 0 aliphatic rings. The van der Waals surface area contributed by atoms with Crippen molar-refractivity contribution in [2.24, 2.45) is 0 Å². The van der Waals surface area contributed by atoms with Crippen LogP contribution in [0.15, 0.2) is 44.2 Å². The number of aryl methyl sites for hydroxylation is 1. The maximum absolute atomic E-state index is 12.8. The molecule has 0 saturated carbocycles. The van der Waals surface area contributed by atoms with Crippen molar-refractivity contribution in [1.29, 1.82) is 0 Å². The number of carboxylic acid groups (broad SMARTS) is 1. The number of carboxylic acids is 1. The van der Waals surface area contributed by atoms with Gasteiger partial charge in [-0.3, -0.25) is 4.79 Å². The van der Waals surface area contributed by atoms with Gasteiger partial charge in [0.1, 0.15) is 11.7 Å². The first-order valence-corrected chi connectivity index (χ1v) is 7.44. The average molecular weight is 348 g/mol. The van der Waals surface area contributed by atoms with E-state index in [1.54, 1.807) is 25.1 Å². The zero-order chi connectivity index (χ0) is 17.4. The fraction of sp³-hybridized carbons (Fsp3) is 0.176. The summed E-state index contributed by atoms with van der Waals surface area (Å²) in [4.78, 5) is 23.7. The number of carbonyl (C=O) groups excluding carboxylic acids is 1. The maximum atomic E-state index is 12.8. The Morgan fingerprint density at radius 3 is 2.75 bits per heavy atom. The Morgan fingerprint density at radius 1 is 1.38 bits per heavy atom. The van der Waals surface area contributed by atoms with Crippen LogP contribution in [-0.4, -0.2) is 12.1 Å². The lowest BCUT2D eigenvalue weighted by Crippen LogP contribution is -2.38. The second kappa shape index (κ2) is 6.05. The first-order chi connectivity index (χ1) is 11.4. The molecule has 2 heterocycles. The van der Waals surface area contributed by atoms with Crippen LogP contribution in [-0.2, 0) is 4.79 Å². The van der Waals surface area contributed by atoms with Crippen LogP contribution in [0.5, 0.6) is 5.75 Å². The molecule has 0 radical (unpaired) electrons. The lowest BCUT2D eigenvalue weighted by atomic mass is 10.1. The SMILES string of the molecule is Cc1cc2oc(-c3ccco3)c(O[C@H](C)C(=O)[O-])c(=O)c2cc1Cl. The zero-order valence-electron chi connectivity index (χ0n) is 12.8. The van der Waals surface area contributed by atoms with Crippen LogP contribution in [0.4, 0.5) is 0 Å². The highest BCUT2D eigenvalue weighted by atomic mass is 35.5. The molecule has 7 heteroatoms. The quantitative estimate of drug-likeness (QED) is 0.720. The van der Waals surface area contributed by atoms with Gasteiger partial charge in [0, 0.05) is 5.02 Å². The number of hydrogen-bond donors (Lipinski definition) is 0. The van der Waals surface area contributed by atoms with E-state index in [0.717, 1.165) is 5.56 Å². The Bertz CT molecular complexity index is 971. The monoisotopic (exact) mass is 347 g/mol. The van der Waals surface area contributed by atoms with E-state index in [2.05, 4.69) is 0 Å². The van der Waals surface area contributed by atoms with E-state index in [-0.39, 0.29) is 22.7 Å². The predicted octanol–water partition coefficient (Wildman–Crippen LogP) is 2.53. The topological polar surface area (TPSA) is 92.7 Å². The molecule has 0 unspecified atom stereocenters. The standard InChI is InChI=1S/C17H13ClO6/c1-8-6-13-10(7-11(8)18)14(19)16(23-9(2)17(20)21)15(24-13)12-4-3-5-22-12/h3-7,9H,1-2H3,(H,20,21)/p-1/t9-/m1/s1. The first kappa shape index (κ1) is 16.1. The Kier molecular flexibility index (Phi) is 4.07. The van der Waals surface area contributed by atoms with Gasteiger partial charge in [0.25, 0.3) is 0 Å². The van der Waals surface area contributed by atoms with Crippen LogP contribution in [0, 0.1) is 6.92 Å². The van der Waals surface area contributed by atoms with Gasteiger partial charge in [0.05, 0.1) is 17.6 Å². The number of rotatable bonds is 4. The van der Waals surface area contributed by atoms with E-state index in [1.807, 2.05) is 0 Å². The van der Waals surface area contributed by atoms with Crippen molar-refractivity contribution in [3.05, 3.63) is 51.3 Å². The Morgan fingerprint density at radius 2 is 2.12 bits per heavy atom. The number of benzene rings is 1. The van der Waals surface area contributed by atoms with Gasteiger partial charge in [-0.05, 0) is 43.7 Å². The predicted molar refractivity (Wildman–Crippen MR) is 85.0 cm³/mol. The van der Waals surface area contributed by atoms with Gasteiger partial charge in [-0.2, -0.15) is 0 Å². The largest absolute Gasteiger partial charge is 0.546 e. The van der Waals surface area contributed by atoms with Crippen molar-refractivity contribution in [3.8, 4) is 17.3 Å². The van der Waals surface area contributed by atoms with Crippen LogP contribution in [0.1, 0.15) is 12.5 Å². The minimum Gasteiger partial charge on any atom is -0.546 e. The summed E-state index contributed by atoms with van der Waals surface area (Å²) in [6.07, 6.45) is 0.0541. The fourth-order valence-electron chi connectivity index (χ4n) is 2.20. The van der Waals surface area contributed by atoms with E-state index in [4.69, 9.17) is 25.2 Å². The molecule has 24 heavy (non-hydrogen) atoms. The molecule has 3 aromatic rings. The molecule has 124 valence electrons. The van der Waals surface area contributed by atoms with E-state index in [9.17, 15) is 14.7 Å². The summed E-state index contributed by atoms with van der Waals surface area (Å²) in [6, 6.07) is 6.26. The maximum Gasteiger partial charge on any atom is 0.235 e. The highest BCUT2D eigenvalue weighted by Crippen LogP contribution is 2.33. The van der Waals surface area contributed by atoms with Crippen molar-refractivity contribution in [2.75, 3.05) is 0 Å². The highest BCUT2D eigenvalue weighted by Gasteiger charge is 2.22. The third-order valence-electron chi connectivity index (χ3n) is 3.50. The van der Waals surface area contributed by atoms with Crippen molar-refractivity contribution in [3.63, 3.8) is 0 Å². The second-order valence-corrected chi connectivity index (χ2v) is 5.65. The molecule has 0 amide bonds. The van der Waals surface area contributed by atoms with Crippen LogP contribution >= 0.6 is 11.6 Å². The van der Waals surface area contributed by atoms with E-state index >= 15 is 0 Å². The van der Waals surface area contributed by atoms with Crippen molar-refractivity contribution < 1.29 is 23.5 Å². The number of halogens is 1. The van der Waals surface area contributed by atoms with E-state index < -0.39 is 17.5 Å². The van der Waals surface area contributed by atoms with Crippen LogP contribution in [0.25, 0.3) is 22.5 Å². The summed E-state index contributed by atoms with van der Waals surface area (Å²) in [5, 5.41) is 11.5. The minimum absolute atomic E-state index is 0.00678. The summed E-state index contributed by atoms with van der Waals surface area (Å²) in [7, 11) is 0. The summed E-state index contributed by atoms with van der Waals surface area (Å²) >= 11 is 6.06. The average Bonchev–Trinajstić information content (AvgIpc) is 3.06. The number of fused-ring (bicyclic) bond motifs is 1. The molecule has 2 aromatic heterocycles. The third kappa shape index (κ3) is 2.76. The smallest absolute Gasteiger partial charge is 0.235 e. The van der Waals surface area contributed by atoms with Gasteiger partial charge in [0.15, 0.2) is 5.76 Å². The van der Waals surface area contributed by atoms with Crippen molar-refractivity contribution >= 4 is 28.5 Å². The summed E-state index contributed by atoms with van der Waals surface area (Å²) in [6.45, 7) is 3.03. The van der Waals surface area contributed by atoms with Crippen molar-refractivity contribution in [1.82, 2.24) is 0 Å². The Labute approximate surface area is 141 Å². The number of hydrogen-bond acceptors (Lipinski definition) is 6. The van der Waals surface area contributed by atoms with E-state index in [1.165, 1.54) is 19.3 Å². The molecule has 0 aliphatic heterocycles. The Hall–Kier alpha value is -2.73. The highest BCUT2D eigenvalue weighted by molar-refractivity contribution is 6.32. The lowest BCUT2D eigenvalue weighted by Gasteiger charge is -2.17. The summed E-state index contributed by atoms with van der Waals surface area (Å²) in [5.74, 6) is -1.48. The molecule has 1 atom stereocenters. The van der Waals surface area contributed by atoms with Gasteiger partial charge < -0.3 is 23.5 Å².